The average Bonchev–Trinajstić information content (AvgIpc) is 2.94. The zero-order valence-electron chi connectivity index (χ0n) is 12.0. The number of carbonyl (C=O) groups excluding carboxylic acids is 1. The van der Waals surface area contributed by atoms with E-state index in [2.05, 4.69) is 0 Å². The minimum Gasteiger partial charge on any atom is -0.490 e. The lowest BCUT2D eigenvalue weighted by molar-refractivity contribution is -0.123. The van der Waals surface area contributed by atoms with Gasteiger partial charge in [-0.2, -0.15) is 0 Å². The van der Waals surface area contributed by atoms with E-state index in [0.717, 1.165) is 36.3 Å². The summed E-state index contributed by atoms with van der Waals surface area (Å²) in [6.45, 7) is 3.86. The standard InChI is InChI=1S/C16H22N2O2/c1-11-5-6-14-15(9-11)20-8-7-18(14)16(19)13-4-2-3-12(13)10-17/h5-6,9,12-13H,2-4,7-8,10,17H2,1H3/t12-,13-/m1/s1. The number of carbonyl (C=O) groups is 1. The second-order valence-electron chi connectivity index (χ2n) is 5.84. The molecule has 4 heteroatoms. The smallest absolute Gasteiger partial charge is 0.230 e. The predicted octanol–water partition coefficient (Wildman–Crippen LogP) is 2.10. The van der Waals surface area contributed by atoms with Crippen molar-refractivity contribution in [3.05, 3.63) is 23.8 Å². The van der Waals surface area contributed by atoms with Crippen LogP contribution in [-0.2, 0) is 4.79 Å². The van der Waals surface area contributed by atoms with Crippen LogP contribution in [0.3, 0.4) is 0 Å². The fourth-order valence-corrected chi connectivity index (χ4v) is 3.40. The summed E-state index contributed by atoms with van der Waals surface area (Å²) >= 11 is 0. The van der Waals surface area contributed by atoms with Crippen LogP contribution in [0.15, 0.2) is 18.2 Å². The Balaban J connectivity index is 1.87. The number of ether oxygens (including phenoxy) is 1. The van der Waals surface area contributed by atoms with Gasteiger partial charge in [0.15, 0.2) is 0 Å². The van der Waals surface area contributed by atoms with Crippen molar-refractivity contribution in [2.45, 2.75) is 26.2 Å². The van der Waals surface area contributed by atoms with E-state index >= 15 is 0 Å². The van der Waals surface area contributed by atoms with Gasteiger partial charge >= 0.3 is 0 Å². The third-order valence-electron chi connectivity index (χ3n) is 4.52. The second-order valence-corrected chi connectivity index (χ2v) is 5.84. The lowest BCUT2D eigenvalue weighted by Gasteiger charge is -2.33. The zero-order valence-corrected chi connectivity index (χ0v) is 12.0. The SMILES string of the molecule is Cc1ccc2c(c1)OCCN2C(=O)[C@@H]1CCC[C@@H]1CN. The Hall–Kier alpha value is -1.55. The maximum Gasteiger partial charge on any atom is 0.230 e. The van der Waals surface area contributed by atoms with Gasteiger partial charge in [0.1, 0.15) is 12.4 Å². The van der Waals surface area contributed by atoms with Crippen LogP contribution in [0.5, 0.6) is 5.75 Å². The van der Waals surface area contributed by atoms with Crippen molar-refractivity contribution in [2.75, 3.05) is 24.6 Å². The van der Waals surface area contributed by atoms with Gasteiger partial charge in [-0.25, -0.2) is 0 Å². The van der Waals surface area contributed by atoms with Crippen LogP contribution in [0.4, 0.5) is 5.69 Å². The summed E-state index contributed by atoms with van der Waals surface area (Å²) in [5.41, 5.74) is 7.87. The molecule has 1 aliphatic carbocycles. The van der Waals surface area contributed by atoms with E-state index in [9.17, 15) is 4.79 Å². The molecule has 0 radical (unpaired) electrons. The van der Waals surface area contributed by atoms with E-state index in [1.165, 1.54) is 0 Å². The molecule has 0 saturated heterocycles. The van der Waals surface area contributed by atoms with Crippen LogP contribution < -0.4 is 15.4 Å². The van der Waals surface area contributed by atoms with E-state index in [1.54, 1.807) is 0 Å². The highest BCUT2D eigenvalue weighted by Gasteiger charge is 2.36. The lowest BCUT2D eigenvalue weighted by Crippen LogP contribution is -2.43. The predicted molar refractivity (Wildman–Crippen MR) is 78.9 cm³/mol. The summed E-state index contributed by atoms with van der Waals surface area (Å²) in [7, 11) is 0. The number of nitrogens with two attached hydrogens (primary N) is 1. The summed E-state index contributed by atoms with van der Waals surface area (Å²) in [6.07, 6.45) is 3.17. The summed E-state index contributed by atoms with van der Waals surface area (Å²) < 4.78 is 5.68. The molecule has 4 nitrogen and oxygen atoms in total. The van der Waals surface area contributed by atoms with Crippen molar-refractivity contribution in [3.63, 3.8) is 0 Å². The quantitative estimate of drug-likeness (QED) is 0.898. The molecule has 1 aromatic rings. The van der Waals surface area contributed by atoms with Crippen LogP contribution in [0.1, 0.15) is 24.8 Å². The Morgan fingerprint density at radius 2 is 2.30 bits per heavy atom. The maximum absolute atomic E-state index is 12.8. The first-order chi connectivity index (χ1) is 9.70. The van der Waals surface area contributed by atoms with Crippen molar-refractivity contribution >= 4 is 11.6 Å². The number of aryl methyl sites for hydroxylation is 1. The highest BCUT2D eigenvalue weighted by atomic mass is 16.5. The number of fused-ring (bicyclic) bond motifs is 1. The molecule has 0 unspecified atom stereocenters. The highest BCUT2D eigenvalue weighted by molar-refractivity contribution is 5.97. The number of amides is 1. The van der Waals surface area contributed by atoms with Crippen LogP contribution in [-0.4, -0.2) is 25.6 Å². The molecule has 2 atom stereocenters. The van der Waals surface area contributed by atoms with Gasteiger partial charge in [-0.1, -0.05) is 12.5 Å². The number of nitrogens with zero attached hydrogens (tertiary/aromatic N) is 1. The molecular formula is C16H22N2O2. The first-order valence-corrected chi connectivity index (χ1v) is 7.45. The van der Waals surface area contributed by atoms with E-state index in [-0.39, 0.29) is 11.8 Å². The van der Waals surface area contributed by atoms with Crippen molar-refractivity contribution in [3.8, 4) is 5.75 Å². The molecule has 1 amide bonds. The van der Waals surface area contributed by atoms with Crippen LogP contribution in [0.2, 0.25) is 0 Å². The largest absolute Gasteiger partial charge is 0.490 e. The molecule has 3 rings (SSSR count). The molecule has 1 aromatic carbocycles. The van der Waals surface area contributed by atoms with E-state index in [4.69, 9.17) is 10.5 Å². The normalized spacial score (nSPS) is 25.2. The molecule has 1 saturated carbocycles. The first kappa shape index (κ1) is 13.4. The fraction of sp³-hybridized carbons (Fsp3) is 0.562. The van der Waals surface area contributed by atoms with Crippen molar-refractivity contribution < 1.29 is 9.53 Å². The van der Waals surface area contributed by atoms with Gasteiger partial charge in [-0.3, -0.25) is 4.79 Å². The summed E-state index contributed by atoms with van der Waals surface area (Å²) in [6, 6.07) is 6.03. The molecule has 1 fully saturated rings. The van der Waals surface area contributed by atoms with Crippen molar-refractivity contribution in [1.29, 1.82) is 0 Å². The maximum atomic E-state index is 12.8. The van der Waals surface area contributed by atoms with Gasteiger partial charge in [0.05, 0.1) is 12.2 Å². The van der Waals surface area contributed by atoms with Gasteiger partial charge in [-0.05, 0) is 49.9 Å². The number of hydrogen-bond acceptors (Lipinski definition) is 3. The topological polar surface area (TPSA) is 55.6 Å². The second kappa shape index (κ2) is 5.44. The minimum absolute atomic E-state index is 0.0900. The minimum atomic E-state index is 0.0900. The molecule has 2 N–H and O–H groups in total. The molecule has 108 valence electrons. The van der Waals surface area contributed by atoms with E-state index < -0.39 is 0 Å². The van der Waals surface area contributed by atoms with Gasteiger partial charge in [-0.15, -0.1) is 0 Å². The van der Waals surface area contributed by atoms with E-state index in [1.807, 2.05) is 30.0 Å². The van der Waals surface area contributed by atoms with Gasteiger partial charge < -0.3 is 15.4 Å². The molecule has 1 aliphatic heterocycles. The average molecular weight is 274 g/mol. The fourth-order valence-electron chi connectivity index (χ4n) is 3.40. The summed E-state index contributed by atoms with van der Waals surface area (Å²) in [5, 5.41) is 0. The zero-order chi connectivity index (χ0) is 14.1. The number of benzene rings is 1. The molecule has 0 aromatic heterocycles. The summed E-state index contributed by atoms with van der Waals surface area (Å²) in [4.78, 5) is 14.7. The third kappa shape index (κ3) is 2.29. The number of rotatable bonds is 2. The molecule has 0 bridgehead atoms. The monoisotopic (exact) mass is 274 g/mol. The van der Waals surface area contributed by atoms with E-state index in [0.29, 0.717) is 25.6 Å². The van der Waals surface area contributed by atoms with Crippen LogP contribution in [0, 0.1) is 18.8 Å². The number of hydrogen-bond donors (Lipinski definition) is 1. The van der Waals surface area contributed by atoms with Gasteiger partial charge in [0.25, 0.3) is 0 Å². The Kier molecular flexibility index (Phi) is 3.66. The first-order valence-electron chi connectivity index (χ1n) is 7.45. The van der Waals surface area contributed by atoms with Crippen molar-refractivity contribution in [1.82, 2.24) is 0 Å². The van der Waals surface area contributed by atoms with Crippen LogP contribution >= 0.6 is 0 Å². The lowest BCUT2D eigenvalue weighted by atomic mass is 9.94. The Morgan fingerprint density at radius 1 is 1.45 bits per heavy atom. The molecule has 1 heterocycles. The number of anilines is 1. The molecule has 20 heavy (non-hydrogen) atoms. The highest BCUT2D eigenvalue weighted by Crippen LogP contribution is 2.37. The third-order valence-corrected chi connectivity index (χ3v) is 4.52. The van der Waals surface area contributed by atoms with Crippen LogP contribution in [0.25, 0.3) is 0 Å². The van der Waals surface area contributed by atoms with Crippen molar-refractivity contribution in [2.24, 2.45) is 17.6 Å². The molecule has 2 aliphatic rings. The van der Waals surface area contributed by atoms with Gasteiger partial charge in [0, 0.05) is 5.92 Å². The Morgan fingerprint density at radius 3 is 3.10 bits per heavy atom. The summed E-state index contributed by atoms with van der Waals surface area (Å²) in [5.74, 6) is 1.49. The van der Waals surface area contributed by atoms with Gasteiger partial charge in [0.2, 0.25) is 5.91 Å². The molecule has 0 spiro atoms. The molecular weight excluding hydrogens is 252 g/mol. The Bertz CT molecular complexity index is 515. The Labute approximate surface area is 119 Å².